The van der Waals surface area contributed by atoms with E-state index in [1.54, 1.807) is 12.1 Å². The topological polar surface area (TPSA) is 119 Å². The number of carbonyl (C=O) groups excluding carboxylic acids is 2. The number of rotatable bonds is 13. The zero-order valence-corrected chi connectivity index (χ0v) is 24.2. The van der Waals surface area contributed by atoms with Gasteiger partial charge in [-0.2, -0.15) is 0 Å². The van der Waals surface area contributed by atoms with Crippen molar-refractivity contribution in [2.75, 3.05) is 11.9 Å². The van der Waals surface area contributed by atoms with E-state index in [9.17, 15) is 33.6 Å². The number of anilines is 1. The number of halogens is 2. The van der Waals surface area contributed by atoms with Crippen molar-refractivity contribution in [3.63, 3.8) is 0 Å². The molecular weight excluding hydrogens is 582 g/mol. The lowest BCUT2D eigenvalue weighted by Gasteiger charge is -2.30. The molecule has 0 spiro atoms. The van der Waals surface area contributed by atoms with Crippen molar-refractivity contribution in [1.29, 1.82) is 0 Å². The van der Waals surface area contributed by atoms with E-state index in [2.05, 4.69) is 5.32 Å². The van der Waals surface area contributed by atoms with Crippen molar-refractivity contribution >= 4 is 23.1 Å². The van der Waals surface area contributed by atoms with Crippen molar-refractivity contribution in [2.45, 2.75) is 37.3 Å². The van der Waals surface area contributed by atoms with Gasteiger partial charge in [-0.15, -0.1) is 0 Å². The molecule has 0 saturated carbocycles. The van der Waals surface area contributed by atoms with Crippen LogP contribution in [0.1, 0.15) is 54.0 Å². The van der Waals surface area contributed by atoms with Gasteiger partial charge in [-0.3, -0.25) is 19.7 Å². The van der Waals surface area contributed by atoms with Crippen LogP contribution in [0.2, 0.25) is 0 Å². The second-order valence-corrected chi connectivity index (χ2v) is 11.2. The molecule has 1 unspecified atom stereocenters. The summed E-state index contributed by atoms with van der Waals surface area (Å²) in [7, 11) is 0. The summed E-state index contributed by atoms with van der Waals surface area (Å²) in [5, 5.41) is 25.6. The lowest BCUT2D eigenvalue weighted by molar-refractivity contribution is -0.384. The van der Waals surface area contributed by atoms with Crippen molar-refractivity contribution in [3.8, 4) is 0 Å². The number of aliphatic hydroxyl groups excluding tert-OH is 1. The molecule has 232 valence electrons. The SMILES string of the molecule is O=C1OC[C@H](c2ccccc2)C1CC(=O)[C@H](CC[C@H](O)c1ccc(F)cc1)[C@@H](Nc1ccc(F)cc1)c1ccc([N+](=O)[O-])cc1. The molecular formula is C35H32F2N2O6. The lowest BCUT2D eigenvalue weighted by atomic mass is 9.78. The number of Topliss-reactive ketones (excluding diaryl/α,β-unsaturated/α-hetero) is 1. The third-order valence-electron chi connectivity index (χ3n) is 8.29. The van der Waals surface area contributed by atoms with E-state index < -0.39 is 46.5 Å². The average molecular weight is 615 g/mol. The minimum absolute atomic E-state index is 0.119. The van der Waals surface area contributed by atoms with E-state index in [1.165, 1.54) is 60.7 Å². The van der Waals surface area contributed by atoms with Gasteiger partial charge in [-0.25, -0.2) is 8.78 Å². The summed E-state index contributed by atoms with van der Waals surface area (Å²) in [5.41, 5.74) is 2.27. The highest BCUT2D eigenvalue weighted by Gasteiger charge is 2.41. The van der Waals surface area contributed by atoms with Crippen molar-refractivity contribution < 1.29 is 33.1 Å². The molecule has 1 saturated heterocycles. The van der Waals surface area contributed by atoms with Crippen LogP contribution in [-0.4, -0.2) is 28.4 Å². The number of nitro groups is 1. The number of ether oxygens (including phenoxy) is 1. The first-order chi connectivity index (χ1) is 21.7. The molecule has 5 rings (SSSR count). The van der Waals surface area contributed by atoms with Crippen molar-refractivity contribution in [3.05, 3.63) is 142 Å². The molecule has 4 aromatic carbocycles. The van der Waals surface area contributed by atoms with Gasteiger partial charge in [0.2, 0.25) is 0 Å². The van der Waals surface area contributed by atoms with Gasteiger partial charge >= 0.3 is 5.97 Å². The van der Waals surface area contributed by atoms with E-state index >= 15 is 0 Å². The molecule has 1 heterocycles. The van der Waals surface area contributed by atoms with Crippen LogP contribution in [0, 0.1) is 33.6 Å². The molecule has 1 aliphatic rings. The number of nitro benzene ring substituents is 1. The Morgan fingerprint density at radius 2 is 1.49 bits per heavy atom. The van der Waals surface area contributed by atoms with Crippen LogP contribution >= 0.6 is 0 Å². The number of benzene rings is 4. The molecule has 10 heteroatoms. The summed E-state index contributed by atoms with van der Waals surface area (Å²) >= 11 is 0. The highest BCUT2D eigenvalue weighted by atomic mass is 19.1. The van der Waals surface area contributed by atoms with Gasteiger partial charge in [0.1, 0.15) is 17.4 Å². The minimum atomic E-state index is -1.02. The molecule has 0 radical (unpaired) electrons. The van der Waals surface area contributed by atoms with E-state index in [4.69, 9.17) is 4.74 Å². The minimum Gasteiger partial charge on any atom is -0.465 e. The Labute approximate surface area is 258 Å². The maximum atomic E-state index is 14.3. The Balaban J connectivity index is 1.49. The third kappa shape index (κ3) is 7.77. The first kappa shape index (κ1) is 31.5. The van der Waals surface area contributed by atoms with Crippen LogP contribution in [0.4, 0.5) is 20.2 Å². The number of carbonyl (C=O) groups is 2. The normalized spacial score (nSPS) is 18.1. The average Bonchev–Trinajstić information content (AvgIpc) is 3.41. The smallest absolute Gasteiger partial charge is 0.310 e. The Morgan fingerprint density at radius 1 is 0.889 bits per heavy atom. The quantitative estimate of drug-likeness (QED) is 0.0939. The fraction of sp³-hybridized carbons (Fsp3) is 0.257. The molecule has 45 heavy (non-hydrogen) atoms. The van der Waals surface area contributed by atoms with E-state index in [-0.39, 0.29) is 43.3 Å². The summed E-state index contributed by atoms with van der Waals surface area (Å²) in [6, 6.07) is 25.3. The number of aliphatic hydroxyl groups is 1. The molecule has 0 bridgehead atoms. The number of nitrogens with one attached hydrogen (secondary N) is 1. The highest BCUT2D eigenvalue weighted by molar-refractivity contribution is 5.88. The van der Waals surface area contributed by atoms with Gasteiger partial charge in [-0.05, 0) is 65.9 Å². The van der Waals surface area contributed by atoms with Gasteiger partial charge in [-0.1, -0.05) is 54.6 Å². The second kappa shape index (κ2) is 14.2. The molecule has 0 amide bonds. The number of esters is 1. The van der Waals surface area contributed by atoms with Gasteiger partial charge in [0.05, 0.1) is 29.6 Å². The number of hydrogen-bond donors (Lipinski definition) is 2. The van der Waals surface area contributed by atoms with E-state index in [0.29, 0.717) is 16.8 Å². The van der Waals surface area contributed by atoms with Gasteiger partial charge in [0.15, 0.2) is 0 Å². The summed E-state index contributed by atoms with van der Waals surface area (Å²) in [5.74, 6) is -3.53. The number of ketones is 1. The molecule has 0 aromatic heterocycles. The van der Waals surface area contributed by atoms with Crippen molar-refractivity contribution in [2.24, 2.45) is 11.8 Å². The fourth-order valence-corrected chi connectivity index (χ4v) is 5.83. The maximum Gasteiger partial charge on any atom is 0.310 e. The van der Waals surface area contributed by atoms with Crippen LogP contribution < -0.4 is 5.32 Å². The number of nitrogens with zero attached hydrogens (tertiary/aromatic N) is 1. The summed E-state index contributed by atoms with van der Waals surface area (Å²) < 4.78 is 32.7. The Bertz CT molecular complexity index is 1620. The molecule has 4 aromatic rings. The Hall–Kier alpha value is -4.96. The van der Waals surface area contributed by atoms with Crippen LogP contribution in [0.25, 0.3) is 0 Å². The highest BCUT2D eigenvalue weighted by Crippen LogP contribution is 2.39. The van der Waals surface area contributed by atoms with Crippen LogP contribution in [-0.2, 0) is 14.3 Å². The summed E-state index contributed by atoms with van der Waals surface area (Å²) in [4.78, 5) is 38.0. The molecule has 2 N–H and O–H groups in total. The van der Waals surface area contributed by atoms with Crippen LogP contribution in [0.3, 0.4) is 0 Å². The van der Waals surface area contributed by atoms with Gasteiger partial charge in [0, 0.05) is 36.1 Å². The third-order valence-corrected chi connectivity index (χ3v) is 8.29. The molecule has 1 fully saturated rings. The molecule has 1 aliphatic heterocycles. The van der Waals surface area contributed by atoms with Crippen molar-refractivity contribution in [1.82, 2.24) is 0 Å². The van der Waals surface area contributed by atoms with Crippen LogP contribution in [0.15, 0.2) is 103 Å². The predicted molar refractivity (Wildman–Crippen MR) is 163 cm³/mol. The second-order valence-electron chi connectivity index (χ2n) is 11.2. The zero-order valence-electron chi connectivity index (χ0n) is 24.2. The maximum absolute atomic E-state index is 14.3. The first-order valence-electron chi connectivity index (χ1n) is 14.6. The first-order valence-corrected chi connectivity index (χ1v) is 14.6. The van der Waals surface area contributed by atoms with Gasteiger partial charge in [0.25, 0.3) is 5.69 Å². The van der Waals surface area contributed by atoms with E-state index in [1.807, 2.05) is 30.3 Å². The molecule has 8 nitrogen and oxygen atoms in total. The standard InChI is InChI=1S/C35H32F2N2O6/c36-25-10-6-23(7-11-25)32(40)19-18-29(33(41)20-30-31(21-45-35(30)42)22-4-2-1-3-5-22)34(38-27-14-12-26(37)13-15-27)24-8-16-28(17-9-24)39(43)44/h1-17,29-32,34,38,40H,18-21H2/t29-,30?,31+,32-,34-/m0/s1. The number of hydrogen-bond acceptors (Lipinski definition) is 7. The molecule has 5 atom stereocenters. The predicted octanol–water partition coefficient (Wildman–Crippen LogP) is 7.07. The lowest BCUT2D eigenvalue weighted by Crippen LogP contribution is -2.31. The van der Waals surface area contributed by atoms with Gasteiger partial charge < -0.3 is 15.2 Å². The number of non-ortho nitro benzene ring substituents is 1. The Kier molecular flexibility index (Phi) is 9.94. The molecule has 0 aliphatic carbocycles. The largest absolute Gasteiger partial charge is 0.465 e. The Morgan fingerprint density at radius 3 is 2.11 bits per heavy atom. The van der Waals surface area contributed by atoms with Crippen LogP contribution in [0.5, 0.6) is 0 Å². The fourth-order valence-electron chi connectivity index (χ4n) is 5.83. The number of cyclic esters (lactones) is 1. The zero-order chi connectivity index (χ0) is 31.9. The summed E-state index contributed by atoms with van der Waals surface area (Å²) in [6.45, 7) is 0.147. The monoisotopic (exact) mass is 614 g/mol. The summed E-state index contributed by atoms with van der Waals surface area (Å²) in [6.07, 6.45) is -0.888. The van der Waals surface area contributed by atoms with E-state index in [0.717, 1.165) is 5.56 Å².